The summed E-state index contributed by atoms with van der Waals surface area (Å²) in [4.78, 5) is 2.00. The van der Waals surface area contributed by atoms with Crippen LogP contribution in [0.1, 0.15) is 18.4 Å². The van der Waals surface area contributed by atoms with Crippen LogP contribution in [0.3, 0.4) is 0 Å². The van der Waals surface area contributed by atoms with Crippen LogP contribution in [-0.2, 0) is 16.0 Å². The van der Waals surface area contributed by atoms with Gasteiger partial charge in [-0.25, -0.2) is 0 Å². The fourth-order valence-electron chi connectivity index (χ4n) is 4.07. The number of oxazole rings is 1. The van der Waals surface area contributed by atoms with Gasteiger partial charge in [0.2, 0.25) is 11.5 Å². The van der Waals surface area contributed by atoms with Gasteiger partial charge in [0.05, 0.1) is 5.69 Å². The quantitative estimate of drug-likeness (QED) is 0.339. The summed E-state index contributed by atoms with van der Waals surface area (Å²) in [5.41, 5.74) is 5.12. The van der Waals surface area contributed by atoms with Crippen LogP contribution in [0.4, 0.5) is 5.69 Å². The van der Waals surface area contributed by atoms with Gasteiger partial charge in [-0.1, -0.05) is 42.5 Å². The van der Waals surface area contributed by atoms with Crippen molar-refractivity contribution in [2.24, 2.45) is 0 Å². The lowest BCUT2D eigenvalue weighted by Gasteiger charge is -2.15. The standard InChI is InChI=1S/C25H22N2O5S/c1-3-26-21-14-19(18-7-5-4-6-8-18)10-12-23(21)31-24(26)15-25-27(16-33(28,29)30)20-13-17(2)9-11-22(20)32-25/h4-15H,3,16H2,1-2H3/p+1. The number of rotatable bonds is 5. The minimum Gasteiger partial charge on any atom is -0.438 e. The first-order chi connectivity index (χ1) is 15.8. The molecule has 3 aromatic carbocycles. The first-order valence-corrected chi connectivity index (χ1v) is 12.2. The van der Waals surface area contributed by atoms with Gasteiger partial charge in [-0.3, -0.25) is 4.55 Å². The summed E-state index contributed by atoms with van der Waals surface area (Å²) in [5, 5.41) is 0. The van der Waals surface area contributed by atoms with Crippen molar-refractivity contribution >= 4 is 33.0 Å². The van der Waals surface area contributed by atoms with Gasteiger partial charge >= 0.3 is 16.0 Å². The number of ether oxygens (including phenoxy) is 1. The minimum atomic E-state index is -4.30. The van der Waals surface area contributed by atoms with Crippen molar-refractivity contribution in [1.29, 1.82) is 0 Å². The highest BCUT2D eigenvalue weighted by Gasteiger charge is 2.31. The predicted octanol–water partition coefficient (Wildman–Crippen LogP) is 4.76. The van der Waals surface area contributed by atoms with E-state index in [1.54, 1.807) is 12.1 Å². The molecule has 0 saturated heterocycles. The van der Waals surface area contributed by atoms with Gasteiger partial charge in [-0.15, -0.1) is 4.57 Å². The maximum Gasteiger partial charge on any atom is 0.380 e. The molecule has 0 fully saturated rings. The molecule has 0 bridgehead atoms. The second kappa shape index (κ2) is 8.06. The number of nitrogens with zero attached hydrogens (tertiary/aromatic N) is 2. The van der Waals surface area contributed by atoms with Crippen molar-refractivity contribution in [2.45, 2.75) is 19.7 Å². The Morgan fingerprint density at radius 2 is 1.82 bits per heavy atom. The number of anilines is 1. The monoisotopic (exact) mass is 463 g/mol. The Morgan fingerprint density at radius 3 is 2.55 bits per heavy atom. The highest BCUT2D eigenvalue weighted by Crippen LogP contribution is 2.42. The van der Waals surface area contributed by atoms with E-state index in [1.807, 2.05) is 61.2 Å². The molecule has 4 aromatic rings. The molecule has 0 unspecified atom stereocenters. The van der Waals surface area contributed by atoms with E-state index in [0.29, 0.717) is 29.3 Å². The van der Waals surface area contributed by atoms with E-state index in [2.05, 4.69) is 18.2 Å². The zero-order valence-corrected chi connectivity index (χ0v) is 19.0. The molecule has 0 amide bonds. The van der Waals surface area contributed by atoms with E-state index in [1.165, 1.54) is 4.57 Å². The largest absolute Gasteiger partial charge is 0.438 e. The number of aryl methyl sites for hydroxylation is 1. The van der Waals surface area contributed by atoms with Crippen LogP contribution in [0.5, 0.6) is 5.75 Å². The fraction of sp³-hybridized carbons (Fsp3) is 0.160. The molecule has 5 rings (SSSR count). The molecule has 0 spiro atoms. The normalized spacial score (nSPS) is 14.6. The van der Waals surface area contributed by atoms with E-state index in [-0.39, 0.29) is 5.89 Å². The van der Waals surface area contributed by atoms with E-state index < -0.39 is 16.0 Å². The van der Waals surface area contributed by atoms with Crippen LogP contribution in [0.2, 0.25) is 0 Å². The second-order valence-electron chi connectivity index (χ2n) is 7.93. The average Bonchev–Trinajstić information content (AvgIpc) is 3.30. The van der Waals surface area contributed by atoms with Crippen molar-refractivity contribution in [3.05, 3.63) is 84.1 Å². The zero-order valence-electron chi connectivity index (χ0n) is 18.2. The molecule has 168 valence electrons. The van der Waals surface area contributed by atoms with Crippen LogP contribution in [0, 0.1) is 6.92 Å². The van der Waals surface area contributed by atoms with Gasteiger partial charge in [0.15, 0.2) is 5.75 Å². The van der Waals surface area contributed by atoms with Gasteiger partial charge in [0, 0.05) is 12.6 Å². The van der Waals surface area contributed by atoms with E-state index >= 15 is 0 Å². The Kier molecular flexibility index (Phi) is 5.19. The first-order valence-electron chi connectivity index (χ1n) is 10.6. The molecule has 0 radical (unpaired) electrons. The van der Waals surface area contributed by atoms with Crippen molar-refractivity contribution in [3.8, 4) is 16.9 Å². The summed E-state index contributed by atoms with van der Waals surface area (Å²) in [6, 6.07) is 21.6. The predicted molar refractivity (Wildman–Crippen MR) is 126 cm³/mol. The Labute approximate surface area is 191 Å². The fourth-order valence-corrected chi connectivity index (χ4v) is 4.66. The van der Waals surface area contributed by atoms with Gasteiger partial charge in [-0.05, 0) is 48.7 Å². The molecule has 1 aliphatic heterocycles. The lowest BCUT2D eigenvalue weighted by Crippen LogP contribution is -2.39. The summed E-state index contributed by atoms with van der Waals surface area (Å²) in [7, 11) is -4.30. The molecule has 2 heterocycles. The average molecular weight is 464 g/mol. The highest BCUT2D eigenvalue weighted by atomic mass is 32.2. The lowest BCUT2D eigenvalue weighted by molar-refractivity contribution is -0.658. The molecule has 0 aliphatic carbocycles. The second-order valence-corrected chi connectivity index (χ2v) is 9.35. The number of hydrogen-bond acceptors (Lipinski definition) is 5. The third-order valence-electron chi connectivity index (χ3n) is 5.58. The Balaban J connectivity index is 1.60. The molecule has 1 N–H and O–H groups in total. The topological polar surface area (TPSA) is 83.9 Å². The third kappa shape index (κ3) is 4.10. The van der Waals surface area contributed by atoms with Gasteiger partial charge < -0.3 is 14.1 Å². The van der Waals surface area contributed by atoms with Crippen LogP contribution in [0.15, 0.2) is 77.0 Å². The Morgan fingerprint density at radius 1 is 1.03 bits per heavy atom. The van der Waals surface area contributed by atoms with Gasteiger partial charge in [-0.2, -0.15) is 8.42 Å². The number of hydrogen-bond donors (Lipinski definition) is 1. The summed E-state index contributed by atoms with van der Waals surface area (Å²) < 4.78 is 46.5. The first kappa shape index (κ1) is 21.2. The van der Waals surface area contributed by atoms with Crippen LogP contribution in [0.25, 0.3) is 28.3 Å². The summed E-state index contributed by atoms with van der Waals surface area (Å²) in [6.45, 7) is 4.55. The maximum absolute atomic E-state index is 11.7. The van der Waals surface area contributed by atoms with Crippen molar-refractivity contribution in [2.75, 3.05) is 11.4 Å². The van der Waals surface area contributed by atoms with E-state index in [4.69, 9.17) is 9.15 Å². The molecule has 1 aliphatic rings. The van der Waals surface area contributed by atoms with Crippen molar-refractivity contribution in [3.63, 3.8) is 0 Å². The van der Waals surface area contributed by atoms with E-state index in [0.717, 1.165) is 22.4 Å². The van der Waals surface area contributed by atoms with Crippen LogP contribution < -0.4 is 14.2 Å². The summed E-state index contributed by atoms with van der Waals surface area (Å²) >= 11 is 0. The molecule has 8 heteroatoms. The van der Waals surface area contributed by atoms with Gasteiger partial charge in [0.1, 0.15) is 6.08 Å². The molecular formula is C25H23N2O5S+. The highest BCUT2D eigenvalue weighted by molar-refractivity contribution is 7.84. The molecular weight excluding hydrogens is 440 g/mol. The van der Waals surface area contributed by atoms with Gasteiger partial charge in [0.25, 0.3) is 11.4 Å². The summed E-state index contributed by atoms with van der Waals surface area (Å²) in [5.74, 6) is 0.853. The van der Waals surface area contributed by atoms with Crippen molar-refractivity contribution in [1.82, 2.24) is 0 Å². The molecule has 33 heavy (non-hydrogen) atoms. The molecule has 1 aromatic heterocycles. The van der Waals surface area contributed by atoms with Crippen molar-refractivity contribution < 1.29 is 26.7 Å². The minimum absolute atomic E-state index is 0.262. The molecule has 0 atom stereocenters. The molecule has 7 nitrogen and oxygen atoms in total. The maximum atomic E-state index is 11.7. The van der Waals surface area contributed by atoms with E-state index in [9.17, 15) is 13.0 Å². The number of benzene rings is 3. The zero-order chi connectivity index (χ0) is 23.2. The smallest absolute Gasteiger partial charge is 0.380 e. The number of aromatic nitrogens is 1. The third-order valence-corrected chi connectivity index (χ3v) is 6.16. The van der Waals surface area contributed by atoms with Crippen LogP contribution >= 0.6 is 0 Å². The Bertz CT molecular complexity index is 1490. The molecule has 0 saturated carbocycles. The number of fused-ring (bicyclic) bond motifs is 2. The summed E-state index contributed by atoms with van der Waals surface area (Å²) in [6.07, 6.45) is 1.66. The lowest BCUT2D eigenvalue weighted by atomic mass is 10.0. The van der Waals surface area contributed by atoms with Crippen LogP contribution in [-0.4, -0.2) is 19.5 Å². The Hall–Kier alpha value is -3.62. The SMILES string of the molecule is CCN1C(=Cc2oc3ccc(C)cc3[n+]2CS(=O)(=O)O)Oc2ccc(-c3ccccc3)cc21.